The van der Waals surface area contributed by atoms with Crippen LogP contribution in [0.5, 0.6) is 17.2 Å². The molecule has 0 bridgehead atoms. The van der Waals surface area contributed by atoms with Crippen LogP contribution < -0.4 is 14.2 Å². The average Bonchev–Trinajstić information content (AvgIpc) is 2.85. The number of hydrogen-bond donors (Lipinski definition) is 0. The predicted octanol–water partition coefficient (Wildman–Crippen LogP) is 4.75. The fourth-order valence-electron chi connectivity index (χ4n) is 4.99. The van der Waals surface area contributed by atoms with Crippen LogP contribution in [0.4, 0.5) is 0 Å². The molecule has 2 heterocycles. The lowest BCUT2D eigenvalue weighted by Crippen LogP contribution is -2.39. The number of fused-ring (bicyclic) bond motifs is 4. The van der Waals surface area contributed by atoms with Crippen molar-refractivity contribution in [3.05, 3.63) is 88.0 Å². The maximum atomic E-state index is 11.5. The Balaban J connectivity index is 1.48. The third kappa shape index (κ3) is 3.63. The lowest BCUT2D eigenvalue weighted by molar-refractivity contribution is 0.111. The minimum Gasteiger partial charge on any atom is -0.496 e. The molecule has 5 nitrogen and oxygen atoms in total. The van der Waals surface area contributed by atoms with Crippen molar-refractivity contribution in [2.24, 2.45) is 0 Å². The van der Waals surface area contributed by atoms with Gasteiger partial charge < -0.3 is 14.2 Å². The molecule has 0 radical (unpaired) electrons. The van der Waals surface area contributed by atoms with Gasteiger partial charge in [0, 0.05) is 24.7 Å². The second kappa shape index (κ2) is 8.67. The van der Waals surface area contributed by atoms with Crippen molar-refractivity contribution in [2.45, 2.75) is 32.0 Å². The highest BCUT2D eigenvalue weighted by Crippen LogP contribution is 2.44. The topological polar surface area (TPSA) is 48.0 Å². The predicted molar refractivity (Wildman–Crippen MR) is 123 cm³/mol. The number of aldehydes is 1. The minimum absolute atomic E-state index is 0.267. The maximum Gasteiger partial charge on any atom is 0.162 e. The first kappa shape index (κ1) is 20.6. The van der Waals surface area contributed by atoms with Crippen LogP contribution in [0.2, 0.25) is 0 Å². The fraction of sp³-hybridized carbons (Fsp3) is 0.296. The van der Waals surface area contributed by atoms with E-state index in [4.69, 9.17) is 14.2 Å². The van der Waals surface area contributed by atoms with Gasteiger partial charge in [-0.15, -0.1) is 0 Å². The van der Waals surface area contributed by atoms with E-state index in [-0.39, 0.29) is 6.04 Å². The van der Waals surface area contributed by atoms with Crippen molar-refractivity contribution >= 4 is 6.29 Å². The smallest absolute Gasteiger partial charge is 0.162 e. The summed E-state index contributed by atoms with van der Waals surface area (Å²) in [5.74, 6) is 2.27. The normalized spacial score (nSPS) is 17.0. The minimum atomic E-state index is 0.267. The van der Waals surface area contributed by atoms with Crippen LogP contribution in [-0.4, -0.2) is 32.0 Å². The monoisotopic (exact) mass is 429 g/mol. The molecular formula is C27H27NO4. The molecule has 3 aromatic rings. The number of rotatable bonds is 6. The summed E-state index contributed by atoms with van der Waals surface area (Å²) in [4.78, 5) is 13.9. The molecule has 0 aromatic heterocycles. The Labute approximate surface area is 188 Å². The van der Waals surface area contributed by atoms with Gasteiger partial charge in [0.15, 0.2) is 17.8 Å². The first-order valence-corrected chi connectivity index (χ1v) is 11.0. The highest BCUT2D eigenvalue weighted by molar-refractivity contribution is 5.81. The Morgan fingerprint density at radius 2 is 1.84 bits per heavy atom. The van der Waals surface area contributed by atoms with E-state index < -0.39 is 0 Å². The molecular weight excluding hydrogens is 402 g/mol. The molecule has 0 aliphatic carbocycles. The zero-order chi connectivity index (χ0) is 22.1. The van der Waals surface area contributed by atoms with E-state index in [1.807, 2.05) is 24.3 Å². The van der Waals surface area contributed by atoms with Gasteiger partial charge in [-0.25, -0.2) is 0 Å². The summed E-state index contributed by atoms with van der Waals surface area (Å²) in [6, 6.07) is 18.7. The van der Waals surface area contributed by atoms with Gasteiger partial charge in [0.05, 0.1) is 19.8 Å². The van der Waals surface area contributed by atoms with Crippen molar-refractivity contribution < 1.29 is 19.0 Å². The third-order valence-electron chi connectivity index (χ3n) is 6.62. The number of nitrogens with zero attached hydrogens (tertiary/aromatic N) is 1. The Morgan fingerprint density at radius 3 is 2.59 bits per heavy atom. The lowest BCUT2D eigenvalue weighted by Gasteiger charge is -2.42. The van der Waals surface area contributed by atoms with Gasteiger partial charge in [0.1, 0.15) is 12.4 Å². The zero-order valence-corrected chi connectivity index (χ0v) is 18.5. The molecule has 2 aliphatic heterocycles. The van der Waals surface area contributed by atoms with E-state index in [0.29, 0.717) is 17.9 Å². The Hall–Kier alpha value is -3.31. The molecule has 32 heavy (non-hydrogen) atoms. The molecule has 5 rings (SSSR count). The third-order valence-corrected chi connectivity index (χ3v) is 6.62. The Bertz CT molecular complexity index is 1140. The molecule has 5 heteroatoms. The largest absolute Gasteiger partial charge is 0.496 e. The number of ether oxygens (including phenoxy) is 3. The summed E-state index contributed by atoms with van der Waals surface area (Å²) in [5.41, 5.74) is 6.72. The van der Waals surface area contributed by atoms with Crippen molar-refractivity contribution in [3.63, 3.8) is 0 Å². The van der Waals surface area contributed by atoms with Crippen LogP contribution in [0, 0.1) is 0 Å². The molecule has 164 valence electrons. The number of benzene rings is 3. The fourth-order valence-corrected chi connectivity index (χ4v) is 4.99. The summed E-state index contributed by atoms with van der Waals surface area (Å²) >= 11 is 0. The van der Waals surface area contributed by atoms with Gasteiger partial charge >= 0.3 is 0 Å². The Kier molecular flexibility index (Phi) is 5.58. The van der Waals surface area contributed by atoms with Crippen LogP contribution in [0.25, 0.3) is 0 Å². The van der Waals surface area contributed by atoms with E-state index in [2.05, 4.69) is 35.2 Å². The number of methoxy groups -OCH3 is 2. The van der Waals surface area contributed by atoms with E-state index in [1.54, 1.807) is 14.2 Å². The van der Waals surface area contributed by atoms with E-state index in [1.165, 1.54) is 16.7 Å². The van der Waals surface area contributed by atoms with Crippen LogP contribution in [0.15, 0.2) is 54.6 Å². The van der Waals surface area contributed by atoms with Crippen molar-refractivity contribution in [1.82, 2.24) is 4.90 Å². The summed E-state index contributed by atoms with van der Waals surface area (Å²) < 4.78 is 17.5. The summed E-state index contributed by atoms with van der Waals surface area (Å²) in [5, 5.41) is 0. The van der Waals surface area contributed by atoms with Gasteiger partial charge in [0.25, 0.3) is 0 Å². The molecule has 0 N–H and O–H groups in total. The highest BCUT2D eigenvalue weighted by atomic mass is 16.5. The van der Waals surface area contributed by atoms with Gasteiger partial charge in [-0.2, -0.15) is 0 Å². The first-order chi connectivity index (χ1) is 15.7. The van der Waals surface area contributed by atoms with Crippen molar-refractivity contribution in [3.8, 4) is 17.2 Å². The maximum absolute atomic E-state index is 11.5. The summed E-state index contributed by atoms with van der Waals surface area (Å²) in [6.07, 6.45) is 2.70. The average molecular weight is 430 g/mol. The molecule has 3 aromatic carbocycles. The number of hydrogen-bond acceptors (Lipinski definition) is 5. The standard InChI is InChI=1S/C27H27NO4/c1-30-25-13-20-10-11-28-15-23-19(8-9-21(16-29)27(23)31-2)12-24(28)22(20)14-26(25)32-17-18-6-4-3-5-7-18/h3-9,13-14,16,24H,10-12,15,17H2,1-2H3. The van der Waals surface area contributed by atoms with E-state index in [9.17, 15) is 4.79 Å². The summed E-state index contributed by atoms with van der Waals surface area (Å²) in [7, 11) is 3.34. The molecule has 0 fully saturated rings. The highest BCUT2D eigenvalue weighted by Gasteiger charge is 2.34. The van der Waals surface area contributed by atoms with Crippen molar-refractivity contribution in [1.29, 1.82) is 0 Å². The second-order valence-electron chi connectivity index (χ2n) is 8.36. The van der Waals surface area contributed by atoms with Gasteiger partial charge in [-0.1, -0.05) is 36.4 Å². The Morgan fingerprint density at radius 1 is 1.00 bits per heavy atom. The zero-order valence-electron chi connectivity index (χ0n) is 18.5. The molecule has 0 spiro atoms. The molecule has 1 atom stereocenters. The first-order valence-electron chi connectivity index (χ1n) is 11.0. The lowest BCUT2D eigenvalue weighted by atomic mass is 9.83. The van der Waals surface area contributed by atoms with Crippen LogP contribution in [0.3, 0.4) is 0 Å². The van der Waals surface area contributed by atoms with Gasteiger partial charge in [0.2, 0.25) is 0 Å². The van der Waals surface area contributed by atoms with E-state index >= 15 is 0 Å². The molecule has 0 amide bonds. The molecule has 1 unspecified atom stereocenters. The number of carbonyl (C=O) groups excluding carboxylic acids is 1. The second-order valence-corrected chi connectivity index (χ2v) is 8.36. The number of carbonyl (C=O) groups is 1. The van der Waals surface area contributed by atoms with Crippen LogP contribution in [0.1, 0.15) is 44.2 Å². The van der Waals surface area contributed by atoms with Gasteiger partial charge in [-0.05, 0) is 53.3 Å². The van der Waals surface area contributed by atoms with Crippen LogP contribution >= 0.6 is 0 Å². The summed E-state index contributed by atoms with van der Waals surface area (Å²) in [6.45, 7) is 2.23. The SMILES string of the molecule is COc1cc2c(cc1OCc1ccccc1)C1Cc3ccc(C=O)c(OC)c3CN1CC2. The quantitative estimate of drug-likeness (QED) is 0.529. The van der Waals surface area contributed by atoms with Crippen molar-refractivity contribution in [2.75, 3.05) is 20.8 Å². The van der Waals surface area contributed by atoms with E-state index in [0.717, 1.165) is 54.8 Å². The molecule has 0 saturated carbocycles. The van der Waals surface area contributed by atoms with Crippen LogP contribution in [-0.2, 0) is 26.0 Å². The van der Waals surface area contributed by atoms with Gasteiger partial charge in [-0.3, -0.25) is 9.69 Å². The molecule has 0 saturated heterocycles. The molecule has 2 aliphatic rings.